The molecule has 0 atom stereocenters. The van der Waals surface area contributed by atoms with Crippen LogP contribution in [0.3, 0.4) is 0 Å². The number of carbonyl (C=O) groups excluding carboxylic acids is 1. The summed E-state index contributed by atoms with van der Waals surface area (Å²) in [5.74, 6) is 1.98. The van der Waals surface area contributed by atoms with Crippen LogP contribution in [0.4, 0.5) is 5.69 Å². The molecule has 2 aromatic heterocycles. The van der Waals surface area contributed by atoms with Gasteiger partial charge in [0.25, 0.3) is 5.91 Å². The first-order valence-corrected chi connectivity index (χ1v) is 12.2. The summed E-state index contributed by atoms with van der Waals surface area (Å²) in [6, 6.07) is 8.56. The van der Waals surface area contributed by atoms with E-state index in [-0.39, 0.29) is 17.4 Å². The number of amides is 1. The fraction of sp³-hybridized carbons (Fsp3) is 0.462. The van der Waals surface area contributed by atoms with E-state index < -0.39 is 0 Å². The van der Waals surface area contributed by atoms with Crippen molar-refractivity contribution >= 4 is 11.6 Å². The Labute approximate surface area is 200 Å². The number of carbonyl (C=O) groups is 1. The number of piperidine rings is 1. The first-order valence-electron chi connectivity index (χ1n) is 12.2. The van der Waals surface area contributed by atoms with E-state index >= 15 is 0 Å². The highest BCUT2D eigenvalue weighted by Gasteiger charge is 2.26. The number of hydrogen-bond acceptors (Lipinski definition) is 5. The van der Waals surface area contributed by atoms with E-state index in [1.807, 2.05) is 25.5 Å². The number of nitrogens with zero attached hydrogens (tertiary/aromatic N) is 5. The summed E-state index contributed by atoms with van der Waals surface area (Å²) in [7, 11) is 2.05. The van der Waals surface area contributed by atoms with Crippen LogP contribution in [0.5, 0.6) is 0 Å². The van der Waals surface area contributed by atoms with Crippen molar-refractivity contribution < 1.29 is 4.79 Å². The van der Waals surface area contributed by atoms with Crippen LogP contribution in [-0.4, -0.2) is 43.4 Å². The summed E-state index contributed by atoms with van der Waals surface area (Å²) in [6.45, 7) is 3.03. The van der Waals surface area contributed by atoms with Gasteiger partial charge in [0.05, 0.1) is 12.7 Å². The molecule has 0 radical (unpaired) electrons. The molecule has 1 aromatic carbocycles. The molecule has 3 aromatic rings. The second-order valence-corrected chi connectivity index (χ2v) is 9.54. The topological polar surface area (TPSA) is 103 Å². The molecule has 2 aliphatic rings. The first-order chi connectivity index (χ1) is 16.6. The van der Waals surface area contributed by atoms with Crippen molar-refractivity contribution in [2.24, 2.45) is 7.05 Å². The van der Waals surface area contributed by atoms with Crippen molar-refractivity contribution in [2.75, 3.05) is 18.4 Å². The second kappa shape index (κ2) is 9.82. The van der Waals surface area contributed by atoms with Crippen molar-refractivity contribution in [3.8, 4) is 6.07 Å². The number of nitriles is 1. The lowest BCUT2D eigenvalue weighted by Crippen LogP contribution is -2.33. The number of likely N-dealkylation sites (tertiary alicyclic amines) is 1. The van der Waals surface area contributed by atoms with Crippen molar-refractivity contribution in [1.29, 1.82) is 5.26 Å². The van der Waals surface area contributed by atoms with Gasteiger partial charge in [-0.3, -0.25) is 9.69 Å². The van der Waals surface area contributed by atoms with Crippen LogP contribution < -0.4 is 5.32 Å². The van der Waals surface area contributed by atoms with Crippen LogP contribution in [0.25, 0.3) is 0 Å². The minimum absolute atomic E-state index is 0.165. The van der Waals surface area contributed by atoms with E-state index in [1.54, 1.807) is 0 Å². The highest BCUT2D eigenvalue weighted by molar-refractivity contribution is 6.02. The van der Waals surface area contributed by atoms with Crippen LogP contribution in [0.1, 0.15) is 83.6 Å². The Morgan fingerprint density at radius 1 is 1.18 bits per heavy atom. The van der Waals surface area contributed by atoms with Gasteiger partial charge in [0.1, 0.15) is 17.6 Å². The monoisotopic (exact) mass is 457 g/mol. The van der Waals surface area contributed by atoms with Gasteiger partial charge in [0.15, 0.2) is 5.82 Å². The SMILES string of the molecule is Cn1ccnc1CN1CCC(c2ccc(NC(=O)c3ncc(C#N)[nH]3)c(C3CCCC3)c2)CC1. The fourth-order valence-electron chi connectivity index (χ4n) is 5.37. The summed E-state index contributed by atoms with van der Waals surface area (Å²) in [5, 5.41) is 12.0. The van der Waals surface area contributed by atoms with E-state index in [0.29, 0.717) is 11.8 Å². The Bertz CT molecular complexity index is 1190. The zero-order valence-corrected chi connectivity index (χ0v) is 19.6. The van der Waals surface area contributed by atoms with Gasteiger partial charge in [-0.15, -0.1) is 0 Å². The Morgan fingerprint density at radius 2 is 1.97 bits per heavy atom. The molecular weight excluding hydrogens is 426 g/mol. The van der Waals surface area contributed by atoms with Crippen LogP contribution in [0, 0.1) is 11.3 Å². The number of aromatic nitrogens is 4. The molecular formula is C26H31N7O. The number of nitrogens with one attached hydrogen (secondary N) is 2. The highest BCUT2D eigenvalue weighted by atomic mass is 16.2. The predicted octanol–water partition coefficient (Wildman–Crippen LogP) is 4.30. The van der Waals surface area contributed by atoms with E-state index in [0.717, 1.165) is 56.8 Å². The predicted molar refractivity (Wildman–Crippen MR) is 129 cm³/mol. The molecule has 1 saturated heterocycles. The number of aryl methyl sites for hydroxylation is 1. The van der Waals surface area contributed by atoms with Gasteiger partial charge in [-0.2, -0.15) is 5.26 Å². The Morgan fingerprint density at radius 3 is 2.65 bits per heavy atom. The molecule has 0 bridgehead atoms. The van der Waals surface area contributed by atoms with E-state index in [2.05, 4.69) is 47.9 Å². The lowest BCUT2D eigenvalue weighted by atomic mass is 9.85. The maximum Gasteiger partial charge on any atom is 0.291 e. The molecule has 1 amide bonds. The van der Waals surface area contributed by atoms with Crippen molar-refractivity contribution in [3.63, 3.8) is 0 Å². The van der Waals surface area contributed by atoms with E-state index in [9.17, 15) is 4.79 Å². The van der Waals surface area contributed by atoms with Crippen LogP contribution in [0.15, 0.2) is 36.8 Å². The Balaban J connectivity index is 1.30. The second-order valence-electron chi connectivity index (χ2n) is 9.54. The quantitative estimate of drug-likeness (QED) is 0.574. The summed E-state index contributed by atoms with van der Waals surface area (Å²) < 4.78 is 2.09. The van der Waals surface area contributed by atoms with Gasteiger partial charge in [-0.05, 0) is 67.8 Å². The molecule has 2 fully saturated rings. The average molecular weight is 458 g/mol. The highest BCUT2D eigenvalue weighted by Crippen LogP contribution is 2.40. The van der Waals surface area contributed by atoms with Gasteiger partial charge in [0.2, 0.25) is 0 Å². The number of imidazole rings is 2. The first kappa shape index (κ1) is 22.4. The van der Waals surface area contributed by atoms with Crippen LogP contribution in [-0.2, 0) is 13.6 Å². The van der Waals surface area contributed by atoms with E-state index in [4.69, 9.17) is 5.26 Å². The molecule has 3 heterocycles. The zero-order valence-electron chi connectivity index (χ0n) is 19.6. The third kappa shape index (κ3) is 4.75. The molecule has 8 nitrogen and oxygen atoms in total. The van der Waals surface area contributed by atoms with Crippen molar-refractivity contribution in [1.82, 2.24) is 24.4 Å². The minimum Gasteiger partial charge on any atom is -0.337 e. The van der Waals surface area contributed by atoms with Gasteiger partial charge in [-0.25, -0.2) is 9.97 Å². The number of aromatic amines is 1. The van der Waals surface area contributed by atoms with Crippen LogP contribution >= 0.6 is 0 Å². The lowest BCUT2D eigenvalue weighted by molar-refractivity contribution is 0.101. The van der Waals surface area contributed by atoms with Gasteiger partial charge < -0.3 is 14.9 Å². The third-order valence-corrected chi connectivity index (χ3v) is 7.38. The average Bonchev–Trinajstić information content (AvgIpc) is 3.63. The number of hydrogen-bond donors (Lipinski definition) is 2. The molecule has 5 rings (SSSR count). The Hall–Kier alpha value is -3.44. The van der Waals surface area contributed by atoms with Gasteiger partial charge in [-0.1, -0.05) is 25.0 Å². The normalized spacial score (nSPS) is 17.6. The van der Waals surface area contributed by atoms with Gasteiger partial charge in [0, 0.05) is 25.1 Å². The van der Waals surface area contributed by atoms with Crippen molar-refractivity contribution in [2.45, 2.75) is 56.9 Å². The molecule has 1 aliphatic heterocycles. The Kier molecular flexibility index (Phi) is 6.45. The number of benzene rings is 1. The molecule has 2 N–H and O–H groups in total. The zero-order chi connectivity index (χ0) is 23.5. The number of rotatable bonds is 6. The van der Waals surface area contributed by atoms with E-state index in [1.165, 1.54) is 30.2 Å². The molecule has 1 aliphatic carbocycles. The lowest BCUT2D eigenvalue weighted by Gasteiger charge is -2.32. The molecule has 1 saturated carbocycles. The third-order valence-electron chi connectivity index (χ3n) is 7.38. The summed E-state index contributed by atoms with van der Waals surface area (Å²) in [6.07, 6.45) is 12.3. The smallest absolute Gasteiger partial charge is 0.291 e. The fourth-order valence-corrected chi connectivity index (χ4v) is 5.37. The summed E-state index contributed by atoms with van der Waals surface area (Å²) in [4.78, 5) is 26.5. The standard InChI is InChI=1S/C26H31N7O/c1-32-13-10-28-24(32)17-33-11-8-18(9-12-33)20-6-7-23(22(14-20)19-4-2-3-5-19)31-26(34)25-29-16-21(15-27)30-25/h6-7,10,13-14,16,18-19H,2-5,8-9,11-12,17H2,1H3,(H,29,30)(H,31,34). The molecule has 0 spiro atoms. The molecule has 34 heavy (non-hydrogen) atoms. The summed E-state index contributed by atoms with van der Waals surface area (Å²) >= 11 is 0. The minimum atomic E-state index is -0.309. The molecule has 176 valence electrons. The summed E-state index contributed by atoms with van der Waals surface area (Å²) in [5.41, 5.74) is 3.76. The van der Waals surface area contributed by atoms with Crippen LogP contribution in [0.2, 0.25) is 0 Å². The molecule has 8 heteroatoms. The maximum atomic E-state index is 12.8. The number of H-pyrrole nitrogens is 1. The molecule has 0 unspecified atom stereocenters. The number of anilines is 1. The van der Waals surface area contributed by atoms with Gasteiger partial charge >= 0.3 is 0 Å². The maximum absolute atomic E-state index is 12.8. The van der Waals surface area contributed by atoms with Crippen molar-refractivity contribution in [3.05, 3.63) is 65.3 Å². The largest absolute Gasteiger partial charge is 0.337 e.